The third kappa shape index (κ3) is 3.63. The molecule has 1 aliphatic rings. The molecule has 1 fully saturated rings. The van der Waals surface area contributed by atoms with Crippen LogP contribution in [0.25, 0.3) is 11.0 Å². The largest absolute Gasteiger partial charge is 0.338 e. The molecule has 1 saturated heterocycles. The summed E-state index contributed by atoms with van der Waals surface area (Å²) in [5.74, 6) is -0.0198. The number of fused-ring (bicyclic) bond motifs is 1. The van der Waals surface area contributed by atoms with Crippen LogP contribution in [0.5, 0.6) is 0 Å². The van der Waals surface area contributed by atoms with Crippen LogP contribution in [0.1, 0.15) is 30.7 Å². The van der Waals surface area contributed by atoms with Crippen LogP contribution < -0.4 is 0 Å². The smallest absolute Gasteiger partial charge is 0.223 e. The van der Waals surface area contributed by atoms with Gasteiger partial charge in [-0.15, -0.1) is 0 Å². The molecule has 1 unspecified atom stereocenters. The first-order chi connectivity index (χ1) is 13.5. The van der Waals surface area contributed by atoms with Crippen LogP contribution in [0.2, 0.25) is 0 Å². The Bertz CT molecular complexity index is 1010. The standard InChI is InChI=1S/C22H23F2N3O/c1-15-25-20-6-2-3-7-21(20)27(15)14-18-5-4-12-26(18)22(28)11-8-16-13-17(23)9-10-19(16)24/h2-3,6-7,9-10,13,18H,4-5,8,11-12,14H2,1H3. The number of nitrogens with zero attached hydrogens (tertiary/aromatic N) is 3. The summed E-state index contributed by atoms with van der Waals surface area (Å²) >= 11 is 0. The Labute approximate surface area is 162 Å². The zero-order valence-corrected chi connectivity index (χ0v) is 15.9. The molecule has 1 aromatic heterocycles. The summed E-state index contributed by atoms with van der Waals surface area (Å²) in [5.41, 5.74) is 2.28. The Hall–Kier alpha value is -2.76. The number of carbonyl (C=O) groups is 1. The minimum Gasteiger partial charge on any atom is -0.338 e. The average molecular weight is 383 g/mol. The van der Waals surface area contributed by atoms with E-state index in [9.17, 15) is 13.6 Å². The highest BCUT2D eigenvalue weighted by atomic mass is 19.1. The summed E-state index contributed by atoms with van der Waals surface area (Å²) in [7, 11) is 0. The van der Waals surface area contributed by atoms with Gasteiger partial charge < -0.3 is 9.47 Å². The SMILES string of the molecule is Cc1nc2ccccc2n1CC1CCCN1C(=O)CCc1cc(F)ccc1F. The molecule has 146 valence electrons. The van der Waals surface area contributed by atoms with Crippen molar-refractivity contribution in [1.82, 2.24) is 14.5 Å². The number of aromatic nitrogens is 2. The van der Waals surface area contributed by atoms with Gasteiger partial charge in [-0.3, -0.25) is 4.79 Å². The second kappa shape index (κ2) is 7.70. The molecule has 0 bridgehead atoms. The number of para-hydroxylation sites is 2. The van der Waals surface area contributed by atoms with E-state index in [-0.39, 0.29) is 30.4 Å². The Morgan fingerprint density at radius 1 is 1.21 bits per heavy atom. The van der Waals surface area contributed by atoms with Gasteiger partial charge >= 0.3 is 0 Å². The molecule has 1 amide bonds. The molecule has 0 aliphatic carbocycles. The predicted octanol–water partition coefficient (Wildman–Crippen LogP) is 4.25. The lowest BCUT2D eigenvalue weighted by Gasteiger charge is -2.26. The number of aryl methyl sites for hydroxylation is 2. The first-order valence-corrected chi connectivity index (χ1v) is 9.68. The molecule has 4 nitrogen and oxygen atoms in total. The molecule has 3 aromatic rings. The summed E-state index contributed by atoms with van der Waals surface area (Å²) in [6, 6.07) is 11.5. The van der Waals surface area contributed by atoms with Gasteiger partial charge in [-0.25, -0.2) is 13.8 Å². The van der Waals surface area contributed by atoms with E-state index in [0.29, 0.717) is 13.1 Å². The molecule has 6 heteroatoms. The van der Waals surface area contributed by atoms with Crippen LogP contribution in [-0.4, -0.2) is 32.9 Å². The van der Waals surface area contributed by atoms with Crippen molar-refractivity contribution in [3.8, 4) is 0 Å². The van der Waals surface area contributed by atoms with Crippen molar-refractivity contribution in [2.75, 3.05) is 6.54 Å². The van der Waals surface area contributed by atoms with Crippen LogP contribution in [0.4, 0.5) is 8.78 Å². The third-order valence-corrected chi connectivity index (χ3v) is 5.55. The number of carbonyl (C=O) groups excluding carboxylic acids is 1. The maximum Gasteiger partial charge on any atom is 0.223 e. The molecule has 1 atom stereocenters. The van der Waals surface area contributed by atoms with Crippen molar-refractivity contribution in [3.63, 3.8) is 0 Å². The number of hydrogen-bond donors (Lipinski definition) is 0. The Morgan fingerprint density at radius 2 is 2.04 bits per heavy atom. The van der Waals surface area contributed by atoms with Crippen LogP contribution in [-0.2, 0) is 17.8 Å². The Balaban J connectivity index is 1.46. The Morgan fingerprint density at radius 3 is 2.89 bits per heavy atom. The van der Waals surface area contributed by atoms with Crippen LogP contribution in [0, 0.1) is 18.6 Å². The van der Waals surface area contributed by atoms with Crippen molar-refractivity contribution in [1.29, 1.82) is 0 Å². The molecule has 2 heterocycles. The molecule has 4 rings (SSSR count). The minimum absolute atomic E-state index is 0.00626. The zero-order valence-electron chi connectivity index (χ0n) is 15.9. The first kappa shape index (κ1) is 18.6. The Kier molecular flexibility index (Phi) is 5.11. The second-order valence-electron chi connectivity index (χ2n) is 7.38. The number of imidazole rings is 1. The van der Waals surface area contributed by atoms with Gasteiger partial charge in [0.15, 0.2) is 0 Å². The number of likely N-dealkylation sites (tertiary alicyclic amines) is 1. The fourth-order valence-corrected chi connectivity index (χ4v) is 4.11. The quantitative estimate of drug-likeness (QED) is 0.661. The van der Waals surface area contributed by atoms with Crippen LogP contribution in [0.3, 0.4) is 0 Å². The third-order valence-electron chi connectivity index (χ3n) is 5.55. The van der Waals surface area contributed by atoms with E-state index in [1.54, 1.807) is 0 Å². The van der Waals surface area contributed by atoms with Crippen molar-refractivity contribution in [2.45, 2.75) is 45.2 Å². The molecular formula is C22H23F2N3O. The summed E-state index contributed by atoms with van der Waals surface area (Å²) in [6.07, 6.45) is 2.28. The van der Waals surface area contributed by atoms with Crippen molar-refractivity contribution < 1.29 is 13.6 Å². The summed E-state index contributed by atoms with van der Waals surface area (Å²) in [6.45, 7) is 3.39. The molecule has 0 saturated carbocycles. The lowest BCUT2D eigenvalue weighted by atomic mass is 10.1. The fourth-order valence-electron chi connectivity index (χ4n) is 4.11. The highest BCUT2D eigenvalue weighted by Gasteiger charge is 2.29. The van der Waals surface area contributed by atoms with Crippen LogP contribution >= 0.6 is 0 Å². The predicted molar refractivity (Wildman–Crippen MR) is 104 cm³/mol. The monoisotopic (exact) mass is 383 g/mol. The van der Waals surface area contributed by atoms with Gasteiger partial charge in [-0.2, -0.15) is 0 Å². The van der Waals surface area contributed by atoms with Gasteiger partial charge in [0.25, 0.3) is 0 Å². The van der Waals surface area contributed by atoms with E-state index in [2.05, 4.69) is 9.55 Å². The topological polar surface area (TPSA) is 38.1 Å². The highest BCUT2D eigenvalue weighted by molar-refractivity contribution is 5.77. The van der Waals surface area contributed by atoms with E-state index < -0.39 is 11.6 Å². The van der Waals surface area contributed by atoms with Crippen molar-refractivity contribution >= 4 is 16.9 Å². The van der Waals surface area contributed by atoms with Gasteiger partial charge in [0.05, 0.1) is 11.0 Å². The van der Waals surface area contributed by atoms with E-state index in [4.69, 9.17) is 0 Å². The average Bonchev–Trinajstić information content (AvgIpc) is 3.27. The second-order valence-corrected chi connectivity index (χ2v) is 7.38. The molecule has 0 radical (unpaired) electrons. The lowest BCUT2D eigenvalue weighted by Crippen LogP contribution is -2.38. The summed E-state index contributed by atoms with van der Waals surface area (Å²) in [5, 5.41) is 0. The summed E-state index contributed by atoms with van der Waals surface area (Å²) < 4.78 is 29.3. The number of halogens is 2. The highest BCUT2D eigenvalue weighted by Crippen LogP contribution is 2.24. The van der Waals surface area contributed by atoms with E-state index in [0.717, 1.165) is 41.8 Å². The van der Waals surface area contributed by atoms with E-state index in [1.807, 2.05) is 36.1 Å². The number of benzene rings is 2. The fraction of sp³-hybridized carbons (Fsp3) is 0.364. The molecule has 2 aromatic carbocycles. The molecular weight excluding hydrogens is 360 g/mol. The van der Waals surface area contributed by atoms with Crippen LogP contribution in [0.15, 0.2) is 42.5 Å². The number of rotatable bonds is 5. The van der Waals surface area contributed by atoms with Crippen molar-refractivity contribution in [2.24, 2.45) is 0 Å². The lowest BCUT2D eigenvalue weighted by molar-refractivity contribution is -0.132. The van der Waals surface area contributed by atoms with E-state index in [1.165, 1.54) is 6.07 Å². The van der Waals surface area contributed by atoms with E-state index >= 15 is 0 Å². The van der Waals surface area contributed by atoms with Gasteiger partial charge in [-0.05, 0) is 62.1 Å². The minimum atomic E-state index is -0.481. The zero-order chi connectivity index (χ0) is 19.7. The molecule has 0 N–H and O–H groups in total. The normalized spacial score (nSPS) is 16.8. The molecule has 28 heavy (non-hydrogen) atoms. The molecule has 0 spiro atoms. The first-order valence-electron chi connectivity index (χ1n) is 9.68. The summed E-state index contributed by atoms with van der Waals surface area (Å²) in [4.78, 5) is 19.3. The maximum absolute atomic E-state index is 13.8. The van der Waals surface area contributed by atoms with Gasteiger partial charge in [0.2, 0.25) is 5.91 Å². The van der Waals surface area contributed by atoms with Crippen molar-refractivity contribution in [3.05, 3.63) is 65.5 Å². The maximum atomic E-state index is 13.8. The molecule has 1 aliphatic heterocycles. The van der Waals surface area contributed by atoms with Gasteiger partial charge in [-0.1, -0.05) is 12.1 Å². The number of hydrogen-bond acceptors (Lipinski definition) is 2. The van der Waals surface area contributed by atoms with Gasteiger partial charge in [0, 0.05) is 25.6 Å². The van der Waals surface area contributed by atoms with Gasteiger partial charge in [0.1, 0.15) is 17.5 Å². The number of amides is 1.